The molecule has 0 aliphatic heterocycles. The van der Waals surface area contributed by atoms with Crippen molar-refractivity contribution < 1.29 is 4.74 Å². The van der Waals surface area contributed by atoms with Gasteiger partial charge in [0.2, 0.25) is 0 Å². The lowest BCUT2D eigenvalue weighted by Crippen LogP contribution is -2.52. The second-order valence-corrected chi connectivity index (χ2v) is 7.78. The van der Waals surface area contributed by atoms with Crippen molar-refractivity contribution in [3.8, 4) is 5.75 Å². The third-order valence-corrected chi connectivity index (χ3v) is 6.06. The van der Waals surface area contributed by atoms with E-state index in [0.717, 1.165) is 17.6 Å². The van der Waals surface area contributed by atoms with Crippen LogP contribution in [0, 0.1) is 17.3 Å². The van der Waals surface area contributed by atoms with E-state index in [9.17, 15) is 0 Å². The molecule has 1 aromatic rings. The quantitative estimate of drug-likeness (QED) is 0.754. The van der Waals surface area contributed by atoms with Crippen molar-refractivity contribution in [2.75, 3.05) is 7.11 Å². The number of methoxy groups -OCH3 is 1. The third-order valence-electron chi connectivity index (χ3n) is 6.06. The molecule has 0 heterocycles. The Balaban J connectivity index is 1.72. The molecule has 0 N–H and O–H groups in total. The molecule has 1 aromatic carbocycles. The first kappa shape index (κ1) is 11.8. The van der Waals surface area contributed by atoms with Gasteiger partial charge in [-0.05, 0) is 78.9 Å². The van der Waals surface area contributed by atoms with Crippen molar-refractivity contribution in [1.82, 2.24) is 0 Å². The summed E-state index contributed by atoms with van der Waals surface area (Å²) in [4.78, 5) is 0. The van der Waals surface area contributed by atoms with Crippen LogP contribution in [0.1, 0.15) is 51.0 Å². The molecule has 102 valence electrons. The fourth-order valence-corrected chi connectivity index (χ4v) is 6.00. The van der Waals surface area contributed by atoms with Gasteiger partial charge in [0.25, 0.3) is 0 Å². The maximum Gasteiger partial charge on any atom is 0.118 e. The summed E-state index contributed by atoms with van der Waals surface area (Å²) < 4.78 is 5.31. The monoisotopic (exact) mass is 256 g/mol. The second kappa shape index (κ2) is 3.77. The van der Waals surface area contributed by atoms with Crippen LogP contribution < -0.4 is 4.74 Å². The highest BCUT2D eigenvalue weighted by Crippen LogP contribution is 2.65. The van der Waals surface area contributed by atoms with E-state index in [1.807, 2.05) is 0 Å². The zero-order valence-corrected chi connectivity index (χ0v) is 12.1. The van der Waals surface area contributed by atoms with E-state index < -0.39 is 0 Å². The molecular formula is C18H24O. The van der Waals surface area contributed by atoms with E-state index in [-0.39, 0.29) is 0 Å². The van der Waals surface area contributed by atoms with Crippen LogP contribution in [0.3, 0.4) is 0 Å². The third kappa shape index (κ3) is 1.74. The minimum absolute atomic E-state index is 0.491. The Bertz CT molecular complexity index is 473. The normalized spacial score (nSPS) is 43.5. The van der Waals surface area contributed by atoms with Gasteiger partial charge in [-0.25, -0.2) is 0 Å². The molecule has 5 rings (SSSR count). The van der Waals surface area contributed by atoms with Gasteiger partial charge in [0.05, 0.1) is 7.11 Å². The Hall–Kier alpha value is -0.980. The topological polar surface area (TPSA) is 9.23 Å². The Labute approximate surface area is 116 Å². The zero-order valence-electron chi connectivity index (χ0n) is 12.1. The molecule has 1 nitrogen and oxygen atoms in total. The molecule has 4 bridgehead atoms. The predicted molar refractivity (Wildman–Crippen MR) is 77.5 cm³/mol. The molecule has 1 unspecified atom stereocenters. The maximum absolute atomic E-state index is 5.31. The highest BCUT2D eigenvalue weighted by Gasteiger charge is 2.56. The maximum atomic E-state index is 5.31. The van der Waals surface area contributed by atoms with Crippen LogP contribution in [-0.2, 0) is 5.41 Å². The van der Waals surface area contributed by atoms with E-state index in [1.54, 1.807) is 12.7 Å². The van der Waals surface area contributed by atoms with Gasteiger partial charge in [-0.15, -0.1) is 0 Å². The van der Waals surface area contributed by atoms with Crippen LogP contribution in [-0.4, -0.2) is 7.11 Å². The zero-order chi connectivity index (χ0) is 13.1. The van der Waals surface area contributed by atoms with Gasteiger partial charge in [0, 0.05) is 0 Å². The molecule has 1 heteroatoms. The molecule has 4 atom stereocenters. The van der Waals surface area contributed by atoms with Gasteiger partial charge in [-0.3, -0.25) is 0 Å². The van der Waals surface area contributed by atoms with Crippen LogP contribution in [0.2, 0.25) is 0 Å². The summed E-state index contributed by atoms with van der Waals surface area (Å²) in [5, 5.41) is 0. The summed E-state index contributed by atoms with van der Waals surface area (Å²) in [7, 11) is 1.75. The van der Waals surface area contributed by atoms with Crippen molar-refractivity contribution in [3.05, 3.63) is 29.8 Å². The predicted octanol–water partition coefficient (Wildman–Crippen LogP) is 4.55. The Kier molecular flexibility index (Phi) is 2.35. The van der Waals surface area contributed by atoms with E-state index in [1.165, 1.54) is 38.5 Å². The van der Waals surface area contributed by atoms with Crippen LogP contribution >= 0.6 is 0 Å². The van der Waals surface area contributed by atoms with Crippen LogP contribution in [0.15, 0.2) is 24.3 Å². The van der Waals surface area contributed by atoms with E-state index >= 15 is 0 Å². The molecule has 0 saturated heterocycles. The van der Waals surface area contributed by atoms with Gasteiger partial charge < -0.3 is 4.74 Å². The first-order valence-electron chi connectivity index (χ1n) is 7.75. The van der Waals surface area contributed by atoms with Crippen LogP contribution in [0.25, 0.3) is 0 Å². The Morgan fingerprint density at radius 2 is 1.63 bits per heavy atom. The molecule has 0 spiro atoms. The van der Waals surface area contributed by atoms with E-state index in [4.69, 9.17) is 4.74 Å². The lowest BCUT2D eigenvalue weighted by Gasteiger charge is -2.61. The molecule has 19 heavy (non-hydrogen) atoms. The molecular weight excluding hydrogens is 232 g/mol. The molecule has 4 fully saturated rings. The summed E-state index contributed by atoms with van der Waals surface area (Å²) >= 11 is 0. The Morgan fingerprint density at radius 1 is 1.00 bits per heavy atom. The van der Waals surface area contributed by atoms with Gasteiger partial charge >= 0.3 is 0 Å². The SMILES string of the molecule is COc1ccc([C@@]23CC4C[C@@H](C[C@@](C)(C4)C2)C3)cc1. The smallest absolute Gasteiger partial charge is 0.118 e. The summed E-state index contributed by atoms with van der Waals surface area (Å²) in [6, 6.07) is 8.96. The lowest BCUT2D eigenvalue weighted by atomic mass is 9.43. The van der Waals surface area contributed by atoms with Crippen molar-refractivity contribution in [2.45, 2.75) is 50.9 Å². The second-order valence-electron chi connectivity index (χ2n) is 7.78. The lowest BCUT2D eigenvalue weighted by molar-refractivity contribution is -0.0615. The summed E-state index contributed by atoms with van der Waals surface area (Å²) in [6.07, 6.45) is 8.77. The van der Waals surface area contributed by atoms with Crippen molar-refractivity contribution in [2.24, 2.45) is 17.3 Å². The van der Waals surface area contributed by atoms with Gasteiger partial charge in [-0.1, -0.05) is 19.1 Å². The first-order valence-corrected chi connectivity index (χ1v) is 7.75. The molecule has 4 saturated carbocycles. The van der Waals surface area contributed by atoms with Crippen LogP contribution in [0.5, 0.6) is 5.75 Å². The van der Waals surface area contributed by atoms with Crippen LogP contribution in [0.4, 0.5) is 0 Å². The first-order chi connectivity index (χ1) is 9.11. The number of ether oxygens (including phenoxy) is 1. The van der Waals surface area contributed by atoms with Crippen molar-refractivity contribution in [3.63, 3.8) is 0 Å². The molecule has 0 radical (unpaired) electrons. The largest absolute Gasteiger partial charge is 0.497 e. The number of benzene rings is 1. The fraction of sp³-hybridized carbons (Fsp3) is 0.667. The molecule has 4 aliphatic rings. The highest BCUT2D eigenvalue weighted by atomic mass is 16.5. The van der Waals surface area contributed by atoms with E-state index in [0.29, 0.717) is 10.8 Å². The summed E-state index contributed by atoms with van der Waals surface area (Å²) in [5.41, 5.74) is 2.70. The van der Waals surface area contributed by atoms with Gasteiger partial charge in [0.15, 0.2) is 0 Å². The number of hydrogen-bond donors (Lipinski definition) is 0. The molecule has 4 aliphatic carbocycles. The van der Waals surface area contributed by atoms with Gasteiger partial charge in [-0.2, -0.15) is 0 Å². The Morgan fingerprint density at radius 3 is 2.16 bits per heavy atom. The van der Waals surface area contributed by atoms with Gasteiger partial charge in [0.1, 0.15) is 5.75 Å². The summed E-state index contributed by atoms with van der Waals surface area (Å²) in [5.74, 6) is 2.97. The molecule has 0 amide bonds. The average molecular weight is 256 g/mol. The van der Waals surface area contributed by atoms with E-state index in [2.05, 4.69) is 31.2 Å². The fourth-order valence-electron chi connectivity index (χ4n) is 6.00. The minimum Gasteiger partial charge on any atom is -0.497 e. The number of hydrogen-bond acceptors (Lipinski definition) is 1. The average Bonchev–Trinajstić information content (AvgIpc) is 2.36. The van der Waals surface area contributed by atoms with Crippen molar-refractivity contribution in [1.29, 1.82) is 0 Å². The standard InChI is InChI=1S/C18H24O/c1-17-8-13-7-14(9-17)11-18(10-13,12-17)15-3-5-16(19-2)6-4-15/h3-6,13-14H,7-12H2,1-2H3/t13-,14?,17-,18-/m0/s1. The molecule has 0 aromatic heterocycles. The van der Waals surface area contributed by atoms with Crippen molar-refractivity contribution >= 4 is 0 Å². The summed E-state index contributed by atoms with van der Waals surface area (Å²) in [6.45, 7) is 2.54. The minimum atomic E-state index is 0.491. The highest BCUT2D eigenvalue weighted by molar-refractivity contribution is 5.35. The number of rotatable bonds is 2.